The SMILES string of the molecule is NCc1cc(CSc2ccc3ccccc3c2)ccn1. The lowest BCUT2D eigenvalue weighted by Gasteiger charge is -2.05. The van der Waals surface area contributed by atoms with Crippen molar-refractivity contribution in [1.29, 1.82) is 0 Å². The second-order valence-electron chi connectivity index (χ2n) is 4.66. The molecule has 0 amide bonds. The first-order valence-electron chi connectivity index (χ1n) is 6.60. The van der Waals surface area contributed by atoms with Gasteiger partial charge in [-0.3, -0.25) is 4.98 Å². The molecule has 100 valence electrons. The van der Waals surface area contributed by atoms with Gasteiger partial charge in [0, 0.05) is 23.4 Å². The molecule has 3 rings (SSSR count). The Morgan fingerprint density at radius 1 is 0.950 bits per heavy atom. The zero-order chi connectivity index (χ0) is 13.8. The van der Waals surface area contributed by atoms with E-state index in [0.717, 1.165) is 11.4 Å². The number of fused-ring (bicyclic) bond motifs is 1. The third kappa shape index (κ3) is 3.00. The summed E-state index contributed by atoms with van der Waals surface area (Å²) in [5.41, 5.74) is 7.83. The summed E-state index contributed by atoms with van der Waals surface area (Å²) >= 11 is 1.84. The van der Waals surface area contributed by atoms with Gasteiger partial charge in [0.1, 0.15) is 0 Å². The summed E-state index contributed by atoms with van der Waals surface area (Å²) in [6, 6.07) is 19.2. The third-order valence-corrected chi connectivity index (χ3v) is 4.28. The van der Waals surface area contributed by atoms with E-state index in [0.29, 0.717) is 6.54 Å². The molecular weight excluding hydrogens is 264 g/mol. The number of hydrogen-bond donors (Lipinski definition) is 1. The molecule has 3 heteroatoms. The van der Waals surface area contributed by atoms with Gasteiger partial charge < -0.3 is 5.73 Å². The van der Waals surface area contributed by atoms with Crippen molar-refractivity contribution in [1.82, 2.24) is 4.98 Å². The van der Waals surface area contributed by atoms with E-state index in [1.165, 1.54) is 21.2 Å². The van der Waals surface area contributed by atoms with Crippen LogP contribution < -0.4 is 5.73 Å². The average molecular weight is 280 g/mol. The number of benzene rings is 2. The summed E-state index contributed by atoms with van der Waals surface area (Å²) in [5, 5.41) is 2.57. The topological polar surface area (TPSA) is 38.9 Å². The Balaban J connectivity index is 1.76. The minimum atomic E-state index is 0.495. The predicted molar refractivity (Wildman–Crippen MR) is 85.6 cm³/mol. The number of nitrogens with two attached hydrogens (primary N) is 1. The van der Waals surface area contributed by atoms with Crippen LogP contribution in [0.15, 0.2) is 65.7 Å². The first-order valence-corrected chi connectivity index (χ1v) is 7.59. The first-order chi connectivity index (χ1) is 9.85. The second-order valence-corrected chi connectivity index (χ2v) is 5.71. The fraction of sp³-hybridized carbons (Fsp3) is 0.118. The Kier molecular flexibility index (Phi) is 4.00. The molecule has 0 aliphatic rings. The van der Waals surface area contributed by atoms with E-state index < -0.39 is 0 Å². The molecule has 1 heterocycles. The molecule has 2 aromatic carbocycles. The molecule has 2 N–H and O–H groups in total. The van der Waals surface area contributed by atoms with Crippen molar-refractivity contribution >= 4 is 22.5 Å². The molecule has 3 aromatic rings. The molecule has 0 bridgehead atoms. The van der Waals surface area contributed by atoms with Crippen LogP contribution in [-0.2, 0) is 12.3 Å². The fourth-order valence-electron chi connectivity index (χ4n) is 2.15. The van der Waals surface area contributed by atoms with E-state index >= 15 is 0 Å². The van der Waals surface area contributed by atoms with Gasteiger partial charge >= 0.3 is 0 Å². The Labute approximate surface area is 123 Å². The van der Waals surface area contributed by atoms with Crippen molar-refractivity contribution in [3.05, 3.63) is 72.1 Å². The van der Waals surface area contributed by atoms with E-state index in [4.69, 9.17) is 5.73 Å². The van der Waals surface area contributed by atoms with Gasteiger partial charge in [0.15, 0.2) is 0 Å². The smallest absolute Gasteiger partial charge is 0.0542 e. The molecule has 0 radical (unpaired) electrons. The van der Waals surface area contributed by atoms with Crippen molar-refractivity contribution in [2.45, 2.75) is 17.2 Å². The van der Waals surface area contributed by atoms with Gasteiger partial charge in [0.05, 0.1) is 5.69 Å². The molecule has 1 aromatic heterocycles. The van der Waals surface area contributed by atoms with Crippen molar-refractivity contribution in [2.24, 2.45) is 5.73 Å². The summed E-state index contributed by atoms with van der Waals surface area (Å²) in [6.07, 6.45) is 1.83. The Morgan fingerprint density at radius 3 is 2.65 bits per heavy atom. The van der Waals surface area contributed by atoms with Crippen LogP contribution in [0.25, 0.3) is 10.8 Å². The molecule has 0 saturated carbocycles. The quantitative estimate of drug-likeness (QED) is 0.735. The zero-order valence-electron chi connectivity index (χ0n) is 11.1. The summed E-state index contributed by atoms with van der Waals surface area (Å²) < 4.78 is 0. The maximum Gasteiger partial charge on any atom is 0.0542 e. The number of hydrogen-bond acceptors (Lipinski definition) is 3. The maximum absolute atomic E-state index is 5.62. The van der Waals surface area contributed by atoms with E-state index in [1.54, 1.807) is 0 Å². The van der Waals surface area contributed by atoms with Crippen LogP contribution in [0.2, 0.25) is 0 Å². The Morgan fingerprint density at radius 2 is 1.80 bits per heavy atom. The number of aromatic nitrogens is 1. The van der Waals surface area contributed by atoms with Crippen molar-refractivity contribution in [3.63, 3.8) is 0 Å². The largest absolute Gasteiger partial charge is 0.325 e. The van der Waals surface area contributed by atoms with Crippen LogP contribution in [0, 0.1) is 0 Å². The van der Waals surface area contributed by atoms with Gasteiger partial charge in [0.25, 0.3) is 0 Å². The van der Waals surface area contributed by atoms with Gasteiger partial charge in [0.2, 0.25) is 0 Å². The zero-order valence-corrected chi connectivity index (χ0v) is 11.9. The van der Waals surface area contributed by atoms with E-state index in [9.17, 15) is 0 Å². The van der Waals surface area contributed by atoms with Gasteiger partial charge in [-0.25, -0.2) is 0 Å². The normalized spacial score (nSPS) is 10.8. The van der Waals surface area contributed by atoms with Gasteiger partial charge in [-0.2, -0.15) is 0 Å². The first kappa shape index (κ1) is 13.2. The second kappa shape index (κ2) is 6.07. The number of rotatable bonds is 4. The summed E-state index contributed by atoms with van der Waals surface area (Å²) in [5.74, 6) is 0.938. The Hall–Kier alpha value is -1.84. The fourth-order valence-corrected chi connectivity index (χ4v) is 3.04. The van der Waals surface area contributed by atoms with Crippen LogP contribution in [0.4, 0.5) is 0 Å². The summed E-state index contributed by atoms with van der Waals surface area (Å²) in [6.45, 7) is 0.495. The highest BCUT2D eigenvalue weighted by atomic mass is 32.2. The Bertz CT molecular complexity index is 725. The molecule has 0 saturated heterocycles. The van der Waals surface area contributed by atoms with Crippen LogP contribution in [-0.4, -0.2) is 4.98 Å². The van der Waals surface area contributed by atoms with Gasteiger partial charge in [-0.1, -0.05) is 30.3 Å². The third-order valence-electron chi connectivity index (χ3n) is 3.22. The number of nitrogens with zero attached hydrogens (tertiary/aromatic N) is 1. The standard InChI is InChI=1S/C17H16N2S/c18-11-16-9-13(7-8-19-16)12-20-17-6-5-14-3-1-2-4-15(14)10-17/h1-10H,11-12,18H2. The number of pyridine rings is 1. The van der Waals surface area contributed by atoms with E-state index in [2.05, 4.69) is 53.5 Å². The summed E-state index contributed by atoms with van der Waals surface area (Å²) in [7, 11) is 0. The predicted octanol–water partition coefficient (Wildman–Crippen LogP) is 3.99. The van der Waals surface area contributed by atoms with E-state index in [-0.39, 0.29) is 0 Å². The molecule has 0 aliphatic carbocycles. The minimum Gasteiger partial charge on any atom is -0.325 e. The van der Waals surface area contributed by atoms with Crippen molar-refractivity contribution < 1.29 is 0 Å². The van der Waals surface area contributed by atoms with E-state index in [1.807, 2.05) is 24.0 Å². The maximum atomic E-state index is 5.62. The van der Waals surface area contributed by atoms with Crippen LogP contribution >= 0.6 is 11.8 Å². The monoisotopic (exact) mass is 280 g/mol. The highest BCUT2D eigenvalue weighted by molar-refractivity contribution is 7.98. The van der Waals surface area contributed by atoms with Crippen molar-refractivity contribution in [3.8, 4) is 0 Å². The average Bonchev–Trinajstić information content (AvgIpc) is 2.53. The molecule has 0 aliphatic heterocycles. The lowest BCUT2D eigenvalue weighted by molar-refractivity contribution is 0.983. The molecular formula is C17H16N2S. The number of thioether (sulfide) groups is 1. The molecule has 2 nitrogen and oxygen atoms in total. The molecule has 0 spiro atoms. The lowest BCUT2D eigenvalue weighted by atomic mass is 10.1. The highest BCUT2D eigenvalue weighted by Gasteiger charge is 2.00. The molecule has 20 heavy (non-hydrogen) atoms. The van der Waals surface area contributed by atoms with Gasteiger partial charge in [-0.05, 0) is 40.6 Å². The molecule has 0 unspecified atom stereocenters. The van der Waals surface area contributed by atoms with Gasteiger partial charge in [-0.15, -0.1) is 11.8 Å². The van der Waals surface area contributed by atoms with Crippen LogP contribution in [0.3, 0.4) is 0 Å². The van der Waals surface area contributed by atoms with Crippen molar-refractivity contribution in [2.75, 3.05) is 0 Å². The molecule has 0 fully saturated rings. The van der Waals surface area contributed by atoms with Crippen LogP contribution in [0.5, 0.6) is 0 Å². The summed E-state index contributed by atoms with van der Waals surface area (Å²) in [4.78, 5) is 5.51. The minimum absolute atomic E-state index is 0.495. The molecule has 0 atom stereocenters. The highest BCUT2D eigenvalue weighted by Crippen LogP contribution is 2.26. The lowest BCUT2D eigenvalue weighted by Crippen LogP contribution is -1.99. The van der Waals surface area contributed by atoms with Crippen LogP contribution in [0.1, 0.15) is 11.3 Å².